The number of halogens is 3. The van der Waals surface area contributed by atoms with Crippen LogP contribution in [0.15, 0.2) is 36.3 Å². The largest absolute Gasteiger partial charge is 0.493 e. The first-order chi connectivity index (χ1) is 11.3. The molecule has 6 nitrogen and oxygen atoms in total. The fourth-order valence-electron chi connectivity index (χ4n) is 1.76. The minimum atomic E-state index is -4.52. The molecular weight excluding hydrogens is 331 g/mol. The molecule has 0 unspecified atom stereocenters. The third-order valence-electron chi connectivity index (χ3n) is 2.96. The highest BCUT2D eigenvalue weighted by Crippen LogP contribution is 2.30. The van der Waals surface area contributed by atoms with E-state index in [0.717, 1.165) is 24.5 Å². The van der Waals surface area contributed by atoms with E-state index in [1.54, 1.807) is 0 Å². The second-order valence-corrected chi connectivity index (χ2v) is 4.82. The molecule has 1 amide bonds. The van der Waals surface area contributed by atoms with Gasteiger partial charge in [-0.25, -0.2) is 4.79 Å². The number of nitrogens with one attached hydrogen (secondary N) is 1. The van der Waals surface area contributed by atoms with Gasteiger partial charge < -0.3 is 19.5 Å². The van der Waals surface area contributed by atoms with E-state index in [1.165, 1.54) is 13.0 Å². The summed E-state index contributed by atoms with van der Waals surface area (Å²) in [6.07, 6.45) is -4.69. The number of amides is 1. The van der Waals surface area contributed by atoms with Crippen LogP contribution in [-0.2, 0) is 30.0 Å². The molecule has 2 rings (SSSR count). The van der Waals surface area contributed by atoms with Crippen LogP contribution < -0.4 is 5.32 Å². The summed E-state index contributed by atoms with van der Waals surface area (Å²) in [7, 11) is 0. The molecule has 9 heteroatoms. The summed E-state index contributed by atoms with van der Waals surface area (Å²) in [5.41, 5.74) is -0.961. The summed E-state index contributed by atoms with van der Waals surface area (Å²) in [5, 5.41) is 2.25. The van der Waals surface area contributed by atoms with Gasteiger partial charge in [-0.2, -0.15) is 13.2 Å². The van der Waals surface area contributed by atoms with Crippen LogP contribution >= 0.6 is 0 Å². The lowest BCUT2D eigenvalue weighted by Gasteiger charge is -2.17. The van der Waals surface area contributed by atoms with Crippen molar-refractivity contribution in [1.82, 2.24) is 0 Å². The van der Waals surface area contributed by atoms with Gasteiger partial charge in [-0.15, -0.1) is 0 Å². The predicted octanol–water partition coefficient (Wildman–Crippen LogP) is 2.46. The summed E-state index contributed by atoms with van der Waals surface area (Å²) in [6, 6.07) is 4.12. The van der Waals surface area contributed by atoms with Crippen LogP contribution in [0.5, 0.6) is 0 Å². The van der Waals surface area contributed by atoms with Crippen LogP contribution in [0, 0.1) is 0 Å². The molecule has 0 aliphatic carbocycles. The Morgan fingerprint density at radius 1 is 1.29 bits per heavy atom. The number of carbonyl (C=O) groups is 2. The van der Waals surface area contributed by atoms with Crippen molar-refractivity contribution < 1.29 is 37.0 Å². The van der Waals surface area contributed by atoms with Crippen molar-refractivity contribution in [2.45, 2.75) is 19.2 Å². The molecule has 0 bridgehead atoms. The lowest BCUT2D eigenvalue weighted by molar-refractivity contribution is -0.153. The molecule has 1 aliphatic rings. The molecule has 1 aromatic rings. The molecule has 1 aromatic carbocycles. The summed E-state index contributed by atoms with van der Waals surface area (Å²) in [4.78, 5) is 23.7. The number of anilines is 1. The van der Waals surface area contributed by atoms with Crippen LogP contribution in [0.25, 0.3) is 0 Å². The zero-order valence-electron chi connectivity index (χ0n) is 12.6. The molecule has 0 fully saturated rings. The average Bonchev–Trinajstić information content (AvgIpc) is 2.55. The van der Waals surface area contributed by atoms with E-state index < -0.39 is 29.7 Å². The highest BCUT2D eigenvalue weighted by molar-refractivity contribution is 5.96. The third kappa shape index (κ3) is 4.64. The minimum absolute atomic E-state index is 0.0609. The second-order valence-electron chi connectivity index (χ2n) is 4.82. The number of alkyl halides is 3. The number of esters is 1. The molecule has 0 radical (unpaired) electrons. The van der Waals surface area contributed by atoms with Crippen molar-refractivity contribution in [3.8, 4) is 0 Å². The van der Waals surface area contributed by atoms with Crippen molar-refractivity contribution in [3.05, 3.63) is 41.9 Å². The van der Waals surface area contributed by atoms with E-state index in [2.05, 4.69) is 5.32 Å². The van der Waals surface area contributed by atoms with Gasteiger partial charge in [-0.3, -0.25) is 4.79 Å². The van der Waals surface area contributed by atoms with Gasteiger partial charge >= 0.3 is 12.1 Å². The molecule has 0 spiro atoms. The zero-order chi connectivity index (χ0) is 17.7. The second kappa shape index (κ2) is 7.24. The smallest absolute Gasteiger partial charge is 0.416 e. The number of ether oxygens (including phenoxy) is 3. The van der Waals surface area contributed by atoms with Gasteiger partial charge in [0.15, 0.2) is 6.10 Å². The third-order valence-corrected chi connectivity index (χ3v) is 2.96. The first kappa shape index (κ1) is 17.6. The van der Waals surface area contributed by atoms with Gasteiger partial charge in [0, 0.05) is 5.69 Å². The zero-order valence-corrected chi connectivity index (χ0v) is 12.6. The molecule has 130 valence electrons. The molecule has 0 saturated heterocycles. The number of rotatable bonds is 4. The number of benzene rings is 1. The summed E-state index contributed by atoms with van der Waals surface area (Å²) < 4.78 is 52.6. The number of carbonyl (C=O) groups excluding carboxylic acids is 2. The minimum Gasteiger partial charge on any atom is -0.493 e. The van der Waals surface area contributed by atoms with Gasteiger partial charge in [0.25, 0.3) is 5.91 Å². The van der Waals surface area contributed by atoms with Gasteiger partial charge in [-0.05, 0) is 25.1 Å². The predicted molar refractivity (Wildman–Crippen MR) is 75.6 cm³/mol. The van der Waals surface area contributed by atoms with E-state index in [1.807, 2.05) is 0 Å². The van der Waals surface area contributed by atoms with Gasteiger partial charge in [0.05, 0.1) is 5.56 Å². The van der Waals surface area contributed by atoms with Gasteiger partial charge in [-0.1, -0.05) is 6.07 Å². The quantitative estimate of drug-likeness (QED) is 0.849. The van der Waals surface area contributed by atoms with Crippen LogP contribution in [0.1, 0.15) is 12.5 Å². The maximum Gasteiger partial charge on any atom is 0.416 e. The average molecular weight is 345 g/mol. The number of hydrogen-bond donors (Lipinski definition) is 1. The maximum atomic E-state index is 12.6. The van der Waals surface area contributed by atoms with Crippen molar-refractivity contribution in [2.24, 2.45) is 0 Å². The lowest BCUT2D eigenvalue weighted by atomic mass is 10.2. The highest BCUT2D eigenvalue weighted by atomic mass is 19.4. The molecule has 1 heterocycles. The Labute approximate surface area is 135 Å². The van der Waals surface area contributed by atoms with Crippen LogP contribution in [-0.4, -0.2) is 31.2 Å². The molecule has 0 saturated carbocycles. The molecule has 0 aromatic heterocycles. The van der Waals surface area contributed by atoms with Crippen LogP contribution in [0.2, 0.25) is 0 Å². The summed E-state index contributed by atoms with van der Waals surface area (Å²) in [6.45, 7) is 1.75. The molecule has 1 N–H and O–H groups in total. The Hall–Kier alpha value is -2.71. The van der Waals surface area contributed by atoms with E-state index in [0.29, 0.717) is 6.61 Å². The molecular formula is C15H14F3NO5. The van der Waals surface area contributed by atoms with E-state index >= 15 is 0 Å². The topological polar surface area (TPSA) is 73.9 Å². The fourth-order valence-corrected chi connectivity index (χ4v) is 1.76. The van der Waals surface area contributed by atoms with E-state index in [9.17, 15) is 22.8 Å². The first-order valence-electron chi connectivity index (χ1n) is 6.91. The van der Waals surface area contributed by atoms with Crippen molar-refractivity contribution in [1.29, 1.82) is 0 Å². The van der Waals surface area contributed by atoms with Crippen LogP contribution in [0.4, 0.5) is 18.9 Å². The van der Waals surface area contributed by atoms with E-state index in [4.69, 9.17) is 14.2 Å². The molecule has 1 aliphatic heterocycles. The van der Waals surface area contributed by atoms with Gasteiger partial charge in [0.1, 0.15) is 19.5 Å². The Balaban J connectivity index is 1.96. The standard InChI is InChI=1S/C15H14F3NO5/c1-9(24-14(21)12-8-22-5-6-23-12)13(20)19-11-4-2-3-10(7-11)15(16,17)18/h2-4,7-9H,5-6H2,1H3,(H,19,20)/t9-/m1/s1. The number of hydrogen-bond acceptors (Lipinski definition) is 5. The highest BCUT2D eigenvalue weighted by Gasteiger charge is 2.31. The lowest BCUT2D eigenvalue weighted by Crippen LogP contribution is -2.31. The SMILES string of the molecule is C[C@@H](OC(=O)C1=COCCO1)C(=O)Nc1cccc(C(F)(F)F)c1. The fraction of sp³-hybridized carbons (Fsp3) is 0.333. The van der Waals surface area contributed by atoms with Crippen molar-refractivity contribution >= 4 is 17.6 Å². The Kier molecular flexibility index (Phi) is 5.32. The van der Waals surface area contributed by atoms with Gasteiger partial charge in [0.2, 0.25) is 5.76 Å². The Morgan fingerprint density at radius 2 is 2.04 bits per heavy atom. The molecule has 24 heavy (non-hydrogen) atoms. The van der Waals surface area contributed by atoms with E-state index in [-0.39, 0.29) is 18.1 Å². The van der Waals surface area contributed by atoms with Crippen molar-refractivity contribution in [2.75, 3.05) is 18.5 Å². The van der Waals surface area contributed by atoms with Crippen molar-refractivity contribution in [3.63, 3.8) is 0 Å². The monoisotopic (exact) mass is 345 g/mol. The molecule has 1 atom stereocenters. The first-order valence-corrected chi connectivity index (χ1v) is 6.91. The Bertz CT molecular complexity index is 657. The summed E-state index contributed by atoms with van der Waals surface area (Å²) >= 11 is 0. The Morgan fingerprint density at radius 3 is 2.67 bits per heavy atom. The normalized spacial score (nSPS) is 15.4. The maximum absolute atomic E-state index is 12.6. The summed E-state index contributed by atoms with van der Waals surface area (Å²) in [5.74, 6) is -1.86. The van der Waals surface area contributed by atoms with Crippen LogP contribution in [0.3, 0.4) is 0 Å².